The van der Waals surface area contributed by atoms with Crippen LogP contribution >= 0.6 is 0 Å². The molecule has 0 spiro atoms. The van der Waals surface area contributed by atoms with Gasteiger partial charge in [0.2, 0.25) is 5.91 Å². The molecule has 2 fully saturated rings. The standard InChI is InChI=1S/C25H32N2O3/c28-25(22-7-2-1-3-8-22)27(18-21-6-4-14-26-16-21)17-20-10-12-23(13-11-20)30-19-24-9-5-15-29-24/h4,6,10-14,16,22,24H,1-3,5,7-9,15,17-19H2. The lowest BCUT2D eigenvalue weighted by molar-refractivity contribution is -0.137. The summed E-state index contributed by atoms with van der Waals surface area (Å²) >= 11 is 0. The summed E-state index contributed by atoms with van der Waals surface area (Å²) in [6.45, 7) is 2.65. The number of hydrogen-bond acceptors (Lipinski definition) is 4. The van der Waals surface area contributed by atoms with Crippen LogP contribution in [-0.2, 0) is 22.6 Å². The van der Waals surface area contributed by atoms with E-state index in [0.29, 0.717) is 19.7 Å². The smallest absolute Gasteiger partial charge is 0.226 e. The minimum absolute atomic E-state index is 0.157. The van der Waals surface area contributed by atoms with Gasteiger partial charge in [-0.05, 0) is 55.0 Å². The van der Waals surface area contributed by atoms with Crippen molar-refractivity contribution in [3.8, 4) is 5.75 Å². The van der Waals surface area contributed by atoms with Crippen molar-refractivity contribution < 1.29 is 14.3 Å². The maximum Gasteiger partial charge on any atom is 0.226 e. The molecule has 0 N–H and O–H groups in total. The molecule has 1 amide bonds. The zero-order chi connectivity index (χ0) is 20.6. The lowest BCUT2D eigenvalue weighted by atomic mass is 9.88. The number of carbonyl (C=O) groups excluding carboxylic acids is 1. The Kier molecular flexibility index (Phi) is 7.35. The molecule has 160 valence electrons. The molecule has 2 aliphatic rings. The normalized spacial score (nSPS) is 19.5. The van der Waals surface area contributed by atoms with Crippen molar-refractivity contribution >= 4 is 5.91 Å². The highest BCUT2D eigenvalue weighted by molar-refractivity contribution is 5.79. The number of hydrogen-bond donors (Lipinski definition) is 0. The van der Waals surface area contributed by atoms with Gasteiger partial charge in [0.25, 0.3) is 0 Å². The molecule has 1 saturated carbocycles. The lowest BCUT2D eigenvalue weighted by Gasteiger charge is -2.29. The molecule has 1 unspecified atom stereocenters. The van der Waals surface area contributed by atoms with Gasteiger partial charge in [-0.2, -0.15) is 0 Å². The monoisotopic (exact) mass is 408 g/mol. The number of ether oxygens (including phenoxy) is 2. The first-order chi connectivity index (χ1) is 14.8. The minimum atomic E-state index is 0.157. The van der Waals surface area contributed by atoms with E-state index in [4.69, 9.17) is 9.47 Å². The predicted molar refractivity (Wildman–Crippen MR) is 116 cm³/mol. The van der Waals surface area contributed by atoms with Crippen molar-refractivity contribution in [1.82, 2.24) is 9.88 Å². The molecule has 1 aliphatic heterocycles. The van der Waals surface area contributed by atoms with E-state index >= 15 is 0 Å². The second-order valence-corrected chi connectivity index (χ2v) is 8.48. The van der Waals surface area contributed by atoms with E-state index in [1.54, 1.807) is 6.20 Å². The number of pyridine rings is 1. The number of aromatic nitrogens is 1. The summed E-state index contributed by atoms with van der Waals surface area (Å²) in [4.78, 5) is 19.5. The Hall–Kier alpha value is -2.40. The van der Waals surface area contributed by atoms with E-state index in [2.05, 4.69) is 17.1 Å². The highest BCUT2D eigenvalue weighted by Gasteiger charge is 2.26. The SMILES string of the molecule is O=C(C1CCCCC1)N(Cc1ccc(OCC2CCCO2)cc1)Cc1cccnc1. The summed E-state index contributed by atoms with van der Waals surface area (Å²) in [7, 11) is 0. The summed E-state index contributed by atoms with van der Waals surface area (Å²) in [6.07, 6.45) is 11.6. The fourth-order valence-corrected chi connectivity index (χ4v) is 4.41. The first-order valence-corrected chi connectivity index (χ1v) is 11.3. The number of rotatable bonds is 8. The summed E-state index contributed by atoms with van der Waals surface area (Å²) in [5.41, 5.74) is 2.19. The van der Waals surface area contributed by atoms with Crippen molar-refractivity contribution in [1.29, 1.82) is 0 Å². The Morgan fingerprint density at radius 2 is 1.80 bits per heavy atom. The van der Waals surface area contributed by atoms with Gasteiger partial charge in [0.1, 0.15) is 12.4 Å². The first kappa shape index (κ1) is 20.9. The second kappa shape index (κ2) is 10.6. The number of carbonyl (C=O) groups is 1. The van der Waals surface area contributed by atoms with Gasteiger partial charge in [0.15, 0.2) is 0 Å². The molecular formula is C25H32N2O3. The van der Waals surface area contributed by atoms with Crippen LogP contribution in [0.2, 0.25) is 0 Å². The van der Waals surface area contributed by atoms with Gasteiger partial charge in [-0.1, -0.05) is 37.5 Å². The molecular weight excluding hydrogens is 376 g/mol. The molecule has 2 heterocycles. The molecule has 1 saturated heterocycles. The maximum absolute atomic E-state index is 13.3. The van der Waals surface area contributed by atoms with Crippen LogP contribution < -0.4 is 4.74 Å². The Morgan fingerprint density at radius 1 is 1.00 bits per heavy atom. The van der Waals surface area contributed by atoms with E-state index in [1.807, 2.05) is 35.4 Å². The second-order valence-electron chi connectivity index (χ2n) is 8.48. The zero-order valence-corrected chi connectivity index (χ0v) is 17.7. The number of nitrogens with zero attached hydrogens (tertiary/aromatic N) is 2. The van der Waals surface area contributed by atoms with Crippen molar-refractivity contribution in [2.24, 2.45) is 5.92 Å². The maximum atomic E-state index is 13.3. The van der Waals surface area contributed by atoms with Gasteiger partial charge in [-0.15, -0.1) is 0 Å². The minimum Gasteiger partial charge on any atom is -0.491 e. The van der Waals surface area contributed by atoms with E-state index < -0.39 is 0 Å². The topological polar surface area (TPSA) is 51.7 Å². The fourth-order valence-electron chi connectivity index (χ4n) is 4.41. The average molecular weight is 409 g/mol. The largest absolute Gasteiger partial charge is 0.491 e. The fraction of sp³-hybridized carbons (Fsp3) is 0.520. The molecule has 1 aliphatic carbocycles. The Bertz CT molecular complexity index is 782. The quantitative estimate of drug-likeness (QED) is 0.633. The van der Waals surface area contributed by atoms with E-state index in [1.165, 1.54) is 6.42 Å². The van der Waals surface area contributed by atoms with E-state index in [9.17, 15) is 4.79 Å². The molecule has 4 rings (SSSR count). The third-order valence-electron chi connectivity index (χ3n) is 6.12. The predicted octanol–water partition coefficient (Wildman–Crippen LogP) is 4.75. The number of benzene rings is 1. The molecule has 0 bridgehead atoms. The molecule has 1 aromatic heterocycles. The lowest BCUT2D eigenvalue weighted by Crippen LogP contribution is -2.36. The molecule has 2 aromatic rings. The summed E-state index contributed by atoms with van der Waals surface area (Å²) in [5.74, 6) is 1.29. The zero-order valence-electron chi connectivity index (χ0n) is 17.7. The van der Waals surface area contributed by atoms with Crippen LogP contribution in [0.25, 0.3) is 0 Å². The van der Waals surface area contributed by atoms with Crippen LogP contribution in [-0.4, -0.2) is 35.1 Å². The van der Waals surface area contributed by atoms with Crippen LogP contribution in [0, 0.1) is 5.92 Å². The Morgan fingerprint density at radius 3 is 2.50 bits per heavy atom. The molecule has 0 radical (unpaired) electrons. The first-order valence-electron chi connectivity index (χ1n) is 11.3. The third-order valence-corrected chi connectivity index (χ3v) is 6.12. The third kappa shape index (κ3) is 5.82. The highest BCUT2D eigenvalue weighted by Crippen LogP contribution is 2.27. The average Bonchev–Trinajstić information content (AvgIpc) is 3.33. The van der Waals surface area contributed by atoms with Crippen LogP contribution in [0.15, 0.2) is 48.8 Å². The van der Waals surface area contributed by atoms with Gasteiger partial charge in [0, 0.05) is 38.0 Å². The van der Waals surface area contributed by atoms with Gasteiger partial charge in [-0.25, -0.2) is 0 Å². The number of amides is 1. The van der Waals surface area contributed by atoms with Crippen LogP contribution in [0.3, 0.4) is 0 Å². The van der Waals surface area contributed by atoms with Gasteiger partial charge in [0.05, 0.1) is 6.10 Å². The van der Waals surface area contributed by atoms with Crippen LogP contribution in [0.1, 0.15) is 56.1 Å². The van der Waals surface area contributed by atoms with Crippen LogP contribution in [0.5, 0.6) is 5.75 Å². The molecule has 5 nitrogen and oxygen atoms in total. The van der Waals surface area contributed by atoms with E-state index in [0.717, 1.165) is 62.0 Å². The summed E-state index contributed by atoms with van der Waals surface area (Å²) in [5, 5.41) is 0. The van der Waals surface area contributed by atoms with Gasteiger partial charge < -0.3 is 14.4 Å². The molecule has 1 aromatic carbocycles. The Labute approximate surface area is 179 Å². The molecule has 30 heavy (non-hydrogen) atoms. The highest BCUT2D eigenvalue weighted by atomic mass is 16.5. The van der Waals surface area contributed by atoms with Gasteiger partial charge in [-0.3, -0.25) is 9.78 Å². The summed E-state index contributed by atoms with van der Waals surface area (Å²) in [6, 6.07) is 12.1. The van der Waals surface area contributed by atoms with E-state index in [-0.39, 0.29) is 17.9 Å². The van der Waals surface area contributed by atoms with Crippen molar-refractivity contribution in [2.45, 2.75) is 64.1 Å². The van der Waals surface area contributed by atoms with Crippen molar-refractivity contribution in [3.63, 3.8) is 0 Å². The summed E-state index contributed by atoms with van der Waals surface area (Å²) < 4.78 is 11.5. The van der Waals surface area contributed by atoms with Crippen LogP contribution in [0.4, 0.5) is 0 Å². The Balaban J connectivity index is 1.40. The molecule has 1 atom stereocenters. The van der Waals surface area contributed by atoms with Crippen molar-refractivity contribution in [2.75, 3.05) is 13.2 Å². The molecule has 5 heteroatoms. The van der Waals surface area contributed by atoms with Gasteiger partial charge >= 0.3 is 0 Å². The van der Waals surface area contributed by atoms with Crippen molar-refractivity contribution in [3.05, 3.63) is 59.9 Å².